The van der Waals surface area contributed by atoms with Gasteiger partial charge in [0.05, 0.1) is 27.4 Å². The van der Waals surface area contributed by atoms with Crippen molar-refractivity contribution in [2.45, 2.75) is 90.2 Å². The summed E-state index contributed by atoms with van der Waals surface area (Å²) in [6.45, 7) is 5.36. The molecule has 1 aliphatic rings. The quantitative estimate of drug-likeness (QED) is 0.234. The number of rotatable bonds is 11. The van der Waals surface area contributed by atoms with Crippen LogP contribution in [0.1, 0.15) is 105 Å². The third-order valence-corrected chi connectivity index (χ3v) is 8.71. The molecule has 2 aromatic carbocycles. The lowest BCUT2D eigenvalue weighted by Gasteiger charge is -2.26. The molecule has 5 N–H and O–H groups in total. The normalized spacial score (nSPS) is 17.6. The molecule has 1 aliphatic heterocycles. The third kappa shape index (κ3) is 9.20. The van der Waals surface area contributed by atoms with Gasteiger partial charge in [-0.1, -0.05) is 32.4 Å². The molecule has 0 radical (unpaired) electrons. The number of hydrogen-bond acceptors (Lipinski definition) is 10. The monoisotopic (exact) mass is 668 g/mol. The van der Waals surface area contributed by atoms with Gasteiger partial charge in [-0.15, -0.1) is 0 Å². The molecule has 3 rings (SSSR count). The lowest BCUT2D eigenvalue weighted by Crippen LogP contribution is -2.48. The van der Waals surface area contributed by atoms with Gasteiger partial charge in [-0.25, -0.2) is 4.79 Å². The van der Waals surface area contributed by atoms with Gasteiger partial charge in [0.2, 0.25) is 17.6 Å². The van der Waals surface area contributed by atoms with Crippen molar-refractivity contribution in [3.05, 3.63) is 46.5 Å². The van der Waals surface area contributed by atoms with Gasteiger partial charge < -0.3 is 40.2 Å². The zero-order chi connectivity index (χ0) is 35.5. The molecule has 12 nitrogen and oxygen atoms in total. The van der Waals surface area contributed by atoms with E-state index in [1.165, 1.54) is 27.4 Å². The van der Waals surface area contributed by atoms with Crippen LogP contribution in [0, 0.1) is 5.92 Å². The van der Waals surface area contributed by atoms with Crippen LogP contribution in [0.15, 0.2) is 24.3 Å². The second kappa shape index (κ2) is 17.4. The van der Waals surface area contributed by atoms with Gasteiger partial charge in [-0.3, -0.25) is 14.4 Å². The standard InChI is InChI=1S/C36H48N2O10/c1-7-20(2)32(35(37)43)38-29(41)19-25(23-17-27(45-4)34(47-6)28(18-23)46-5)31-26(40)16-22-13-9-8-10-14-24(39)15-11-12-21(3)48-36(44)30(22)33(31)42/h9,13,16-18,20-21,25,32,40,42H,7-8,10-12,14-15,19H2,1-6H3,(H2,37,43)(H,38,41). The number of carbonyl (C=O) groups excluding carboxylic acids is 4. The zero-order valence-electron chi connectivity index (χ0n) is 28.6. The van der Waals surface area contributed by atoms with Crippen LogP contribution in [0.25, 0.3) is 6.08 Å². The summed E-state index contributed by atoms with van der Waals surface area (Å²) < 4.78 is 22.3. The molecule has 262 valence electrons. The number of nitrogens with one attached hydrogen (secondary N) is 1. The largest absolute Gasteiger partial charge is 0.507 e. The van der Waals surface area contributed by atoms with Gasteiger partial charge in [0.25, 0.3) is 0 Å². The van der Waals surface area contributed by atoms with Crippen LogP contribution < -0.4 is 25.3 Å². The summed E-state index contributed by atoms with van der Waals surface area (Å²) in [5, 5.41) is 26.1. The van der Waals surface area contributed by atoms with Crippen LogP contribution in [0.2, 0.25) is 0 Å². The molecule has 2 aromatic rings. The lowest BCUT2D eigenvalue weighted by molar-refractivity contribution is -0.128. The van der Waals surface area contributed by atoms with E-state index in [4.69, 9.17) is 24.7 Å². The zero-order valence-corrected chi connectivity index (χ0v) is 28.6. The number of allylic oxidation sites excluding steroid dienone is 1. The number of phenolic OH excluding ortho intramolecular Hbond substituents is 2. The Hall–Kier alpha value is -4.74. The molecule has 0 aliphatic carbocycles. The lowest BCUT2D eigenvalue weighted by atomic mass is 9.84. The van der Waals surface area contributed by atoms with Gasteiger partial charge in [0, 0.05) is 30.7 Å². The molecule has 2 amide bonds. The van der Waals surface area contributed by atoms with E-state index in [1.54, 1.807) is 38.1 Å². The molecular formula is C36H48N2O10. The first-order valence-corrected chi connectivity index (χ1v) is 16.2. The van der Waals surface area contributed by atoms with E-state index in [-0.39, 0.29) is 52.1 Å². The van der Waals surface area contributed by atoms with Gasteiger partial charge in [-0.05, 0) is 67.9 Å². The number of cyclic esters (lactones) is 1. The van der Waals surface area contributed by atoms with E-state index in [9.17, 15) is 29.4 Å². The Labute approximate surface area is 281 Å². The minimum atomic E-state index is -1.09. The number of fused-ring (bicyclic) bond motifs is 1. The number of ketones is 1. The highest BCUT2D eigenvalue weighted by molar-refractivity contribution is 5.98. The van der Waals surface area contributed by atoms with Gasteiger partial charge >= 0.3 is 5.97 Å². The molecule has 0 fully saturated rings. The SMILES string of the molecule is CCC(C)C(NC(=O)CC(c1cc(OC)c(OC)c(OC)c1)c1c(O)cc2c(c1O)C(=O)OC(C)CCCC(=O)CCCC=C2)C(N)=O. The van der Waals surface area contributed by atoms with Crippen molar-refractivity contribution in [1.29, 1.82) is 0 Å². The Morgan fingerprint density at radius 1 is 1.04 bits per heavy atom. The second-order valence-corrected chi connectivity index (χ2v) is 12.1. The summed E-state index contributed by atoms with van der Waals surface area (Å²) in [5.74, 6) is -3.53. The minimum absolute atomic E-state index is 0.123. The average molecular weight is 669 g/mol. The Bertz CT molecular complexity index is 1490. The number of amides is 2. The number of phenols is 2. The van der Waals surface area contributed by atoms with E-state index in [2.05, 4.69) is 5.32 Å². The number of nitrogens with two attached hydrogens (primary N) is 1. The van der Waals surface area contributed by atoms with Gasteiger partial charge in [0.1, 0.15) is 28.9 Å². The van der Waals surface area contributed by atoms with Gasteiger partial charge in [-0.2, -0.15) is 0 Å². The molecule has 0 spiro atoms. The van der Waals surface area contributed by atoms with E-state index >= 15 is 0 Å². The number of benzene rings is 2. The number of esters is 1. The highest BCUT2D eigenvalue weighted by Crippen LogP contribution is 2.47. The maximum Gasteiger partial charge on any atom is 0.342 e. The first-order chi connectivity index (χ1) is 22.9. The van der Waals surface area contributed by atoms with Crippen molar-refractivity contribution >= 4 is 29.6 Å². The van der Waals surface area contributed by atoms with Crippen LogP contribution in [0.5, 0.6) is 28.7 Å². The van der Waals surface area contributed by atoms with Crippen LogP contribution in [0.4, 0.5) is 0 Å². The van der Waals surface area contributed by atoms with Crippen molar-refractivity contribution in [3.63, 3.8) is 0 Å². The van der Waals surface area contributed by atoms with Crippen molar-refractivity contribution in [1.82, 2.24) is 5.32 Å². The number of primary amides is 1. The van der Waals surface area contributed by atoms with Crippen LogP contribution >= 0.6 is 0 Å². The highest BCUT2D eigenvalue weighted by atomic mass is 16.5. The number of ether oxygens (including phenoxy) is 4. The number of methoxy groups -OCH3 is 3. The molecule has 0 aromatic heterocycles. The summed E-state index contributed by atoms with van der Waals surface area (Å²) in [7, 11) is 4.28. The number of Topliss-reactive ketones (excluding diaryl/α,β-unsaturated/α-hetero) is 1. The fraction of sp³-hybridized carbons (Fsp3) is 0.500. The molecule has 48 heavy (non-hydrogen) atoms. The predicted octanol–water partition coefficient (Wildman–Crippen LogP) is 5.14. The Balaban J connectivity index is 2.25. The van der Waals surface area contributed by atoms with Crippen molar-refractivity contribution in [3.8, 4) is 28.7 Å². The summed E-state index contributed by atoms with van der Waals surface area (Å²) in [6.07, 6.45) is 5.92. The Morgan fingerprint density at radius 2 is 1.69 bits per heavy atom. The summed E-state index contributed by atoms with van der Waals surface area (Å²) >= 11 is 0. The van der Waals surface area contributed by atoms with Crippen LogP contribution in [0.3, 0.4) is 0 Å². The summed E-state index contributed by atoms with van der Waals surface area (Å²) in [5.41, 5.74) is 5.87. The molecule has 4 unspecified atom stereocenters. The average Bonchev–Trinajstić information content (AvgIpc) is 3.04. The Kier molecular flexibility index (Phi) is 13.7. The predicted molar refractivity (Wildman–Crippen MR) is 180 cm³/mol. The molecule has 12 heteroatoms. The molecule has 0 saturated heterocycles. The first-order valence-electron chi connectivity index (χ1n) is 16.2. The van der Waals surface area contributed by atoms with Gasteiger partial charge in [0.15, 0.2) is 11.5 Å². The highest BCUT2D eigenvalue weighted by Gasteiger charge is 2.33. The third-order valence-electron chi connectivity index (χ3n) is 8.71. The molecule has 4 atom stereocenters. The fourth-order valence-corrected chi connectivity index (χ4v) is 5.86. The van der Waals surface area contributed by atoms with Crippen LogP contribution in [-0.4, -0.2) is 67.3 Å². The van der Waals surface area contributed by atoms with E-state index in [0.717, 1.165) is 0 Å². The maximum absolute atomic E-state index is 13.7. The molecule has 1 heterocycles. The topological polar surface area (TPSA) is 184 Å². The van der Waals surface area contributed by atoms with E-state index in [0.29, 0.717) is 50.5 Å². The first kappa shape index (κ1) is 37.7. The van der Waals surface area contributed by atoms with E-state index in [1.807, 2.05) is 6.92 Å². The second-order valence-electron chi connectivity index (χ2n) is 12.1. The number of hydrogen-bond donors (Lipinski definition) is 4. The van der Waals surface area contributed by atoms with Crippen LogP contribution in [-0.2, 0) is 19.1 Å². The summed E-state index contributed by atoms with van der Waals surface area (Å²) in [4.78, 5) is 51.7. The maximum atomic E-state index is 13.7. The molecule has 0 saturated carbocycles. The van der Waals surface area contributed by atoms with Crippen molar-refractivity contribution < 1.29 is 48.3 Å². The van der Waals surface area contributed by atoms with E-state index < -0.39 is 47.3 Å². The van der Waals surface area contributed by atoms with Crippen molar-refractivity contribution in [2.24, 2.45) is 11.7 Å². The molecular weight excluding hydrogens is 620 g/mol. The Morgan fingerprint density at radius 3 is 2.27 bits per heavy atom. The molecule has 0 bridgehead atoms. The number of carbonyl (C=O) groups is 4. The fourth-order valence-electron chi connectivity index (χ4n) is 5.86. The smallest absolute Gasteiger partial charge is 0.342 e. The number of aromatic hydroxyl groups is 2. The van der Waals surface area contributed by atoms with Crippen molar-refractivity contribution in [2.75, 3.05) is 21.3 Å². The minimum Gasteiger partial charge on any atom is -0.507 e. The summed E-state index contributed by atoms with van der Waals surface area (Å²) in [6, 6.07) is 3.52.